The lowest BCUT2D eigenvalue weighted by molar-refractivity contribution is -0.134. The lowest BCUT2D eigenvalue weighted by Crippen LogP contribution is -2.74. The fraction of sp³-hybridized carbons (Fsp3) is 0.348. The Hall–Kier alpha value is -2.83. The first-order chi connectivity index (χ1) is 14.0. The van der Waals surface area contributed by atoms with E-state index in [9.17, 15) is 10.2 Å². The van der Waals surface area contributed by atoms with Crippen LogP contribution in [0.1, 0.15) is 34.9 Å². The van der Waals surface area contributed by atoms with E-state index >= 15 is 0 Å². The minimum atomic E-state index is -1.05. The van der Waals surface area contributed by atoms with Gasteiger partial charge in [0.1, 0.15) is 0 Å². The van der Waals surface area contributed by atoms with Gasteiger partial charge in [-0.25, -0.2) is 4.98 Å². The Morgan fingerprint density at radius 3 is 2.97 bits per heavy atom. The molecule has 29 heavy (non-hydrogen) atoms. The summed E-state index contributed by atoms with van der Waals surface area (Å²) in [6, 6.07) is 11.4. The molecule has 2 bridgehead atoms. The first-order valence-corrected chi connectivity index (χ1v) is 10.2. The number of aliphatic hydroxyl groups is 1. The minimum Gasteiger partial charge on any atom is -0.504 e. The number of ether oxygens (including phenoxy) is 1. The highest BCUT2D eigenvalue weighted by Crippen LogP contribution is 2.67. The van der Waals surface area contributed by atoms with E-state index < -0.39 is 17.1 Å². The van der Waals surface area contributed by atoms with Gasteiger partial charge in [0.05, 0.1) is 22.2 Å². The Balaban J connectivity index is 1.61. The molecule has 4 atom stereocenters. The Labute approximate surface area is 167 Å². The van der Waals surface area contributed by atoms with E-state index in [1.807, 2.05) is 30.3 Å². The number of hydrogen-bond acceptors (Lipinski definition) is 6. The zero-order valence-electron chi connectivity index (χ0n) is 15.8. The summed E-state index contributed by atoms with van der Waals surface area (Å²) >= 11 is 0. The first-order valence-electron chi connectivity index (χ1n) is 10.2. The number of rotatable bonds is 0. The first kappa shape index (κ1) is 16.0. The van der Waals surface area contributed by atoms with Crippen LogP contribution in [-0.4, -0.2) is 33.4 Å². The number of nitrogens with two attached hydrogens (primary N) is 1. The van der Waals surface area contributed by atoms with E-state index in [1.165, 1.54) is 0 Å². The standard InChI is InChI=1S/C23H21N3O3/c24-18-12-3-1-2-4-14(12)26-19-13(18)10-23(28)16-9-11-5-6-15(27)20-17(11)22(23,7-8-25-16)21(19)29-20/h1-6,16,21,25,27-28H,7-10H2,(H2,24,26)/t16-,21-,22-,23+/m0/s1. The molecule has 5 N–H and O–H groups in total. The number of phenolic OH excluding ortho intramolecular Hbond substituents is 1. The average molecular weight is 387 g/mol. The number of nitrogens with one attached hydrogen (secondary N) is 1. The van der Waals surface area contributed by atoms with E-state index in [0.29, 0.717) is 24.3 Å². The van der Waals surface area contributed by atoms with Crippen molar-refractivity contribution in [1.82, 2.24) is 10.3 Å². The predicted octanol–water partition coefficient (Wildman–Crippen LogP) is 2.10. The van der Waals surface area contributed by atoms with E-state index in [0.717, 1.165) is 46.3 Å². The molecule has 4 aliphatic rings. The van der Waals surface area contributed by atoms with Crippen molar-refractivity contribution in [2.45, 2.75) is 42.4 Å². The topological polar surface area (TPSA) is 101 Å². The smallest absolute Gasteiger partial charge is 0.166 e. The van der Waals surface area contributed by atoms with Gasteiger partial charge < -0.3 is 26.0 Å². The van der Waals surface area contributed by atoms with Gasteiger partial charge in [-0.15, -0.1) is 0 Å². The molecule has 1 fully saturated rings. The molecular formula is C23H21N3O3. The third kappa shape index (κ3) is 1.59. The Bertz CT molecular complexity index is 1240. The van der Waals surface area contributed by atoms with Crippen molar-refractivity contribution in [1.29, 1.82) is 0 Å². The summed E-state index contributed by atoms with van der Waals surface area (Å²) in [7, 11) is 0. The quantitative estimate of drug-likeness (QED) is 0.471. The number of anilines is 1. The Morgan fingerprint density at radius 2 is 2.07 bits per heavy atom. The maximum absolute atomic E-state index is 12.2. The summed E-state index contributed by atoms with van der Waals surface area (Å²) in [6.45, 7) is 0.791. The molecule has 0 unspecified atom stereocenters. The van der Waals surface area contributed by atoms with Crippen LogP contribution in [0.2, 0.25) is 0 Å². The lowest BCUT2D eigenvalue weighted by atomic mass is 9.49. The average Bonchev–Trinajstić information content (AvgIpc) is 3.06. The molecular weight excluding hydrogens is 366 g/mol. The van der Waals surface area contributed by atoms with Crippen LogP contribution in [-0.2, 0) is 18.3 Å². The molecule has 2 aromatic carbocycles. The third-order valence-electron chi connectivity index (χ3n) is 7.80. The van der Waals surface area contributed by atoms with Crippen LogP contribution in [0.3, 0.4) is 0 Å². The number of para-hydroxylation sites is 1. The summed E-state index contributed by atoms with van der Waals surface area (Å²) in [5.74, 6) is 0.634. The Kier molecular flexibility index (Phi) is 2.67. The molecule has 2 aliphatic carbocycles. The molecule has 3 aromatic rings. The molecule has 3 heterocycles. The van der Waals surface area contributed by atoms with E-state index in [2.05, 4.69) is 5.32 Å². The van der Waals surface area contributed by atoms with Crippen LogP contribution in [0.5, 0.6) is 11.5 Å². The zero-order chi connectivity index (χ0) is 19.5. The van der Waals surface area contributed by atoms with Crippen molar-refractivity contribution in [3.8, 4) is 11.5 Å². The van der Waals surface area contributed by atoms with Gasteiger partial charge in [-0.2, -0.15) is 0 Å². The number of piperidine rings is 1. The number of nitrogens with zero attached hydrogens (tertiary/aromatic N) is 1. The molecule has 1 spiro atoms. The molecule has 1 aromatic heterocycles. The second-order valence-electron chi connectivity index (χ2n) is 8.89. The van der Waals surface area contributed by atoms with Gasteiger partial charge in [-0.1, -0.05) is 24.3 Å². The highest BCUT2D eigenvalue weighted by Gasteiger charge is 2.71. The summed E-state index contributed by atoms with van der Waals surface area (Å²) in [4.78, 5) is 4.98. The monoisotopic (exact) mass is 387 g/mol. The summed E-state index contributed by atoms with van der Waals surface area (Å²) in [5.41, 5.74) is 10.2. The van der Waals surface area contributed by atoms with Gasteiger partial charge in [0, 0.05) is 34.7 Å². The lowest BCUT2D eigenvalue weighted by Gasteiger charge is -2.60. The normalized spacial score (nSPS) is 33.1. The molecule has 0 amide bonds. The SMILES string of the molecule is Nc1c2c(nc3ccccc13)[C@@H]1Oc3c(O)ccc4c3[C@@]13CCN[C@@H](C4)[C@]3(O)C2. The fourth-order valence-electron chi connectivity index (χ4n) is 6.58. The van der Waals surface area contributed by atoms with Crippen LogP contribution in [0.25, 0.3) is 10.9 Å². The second-order valence-corrected chi connectivity index (χ2v) is 8.89. The van der Waals surface area contributed by atoms with Crippen molar-refractivity contribution in [3.05, 3.63) is 58.8 Å². The van der Waals surface area contributed by atoms with E-state index in [4.69, 9.17) is 15.5 Å². The number of nitrogen functional groups attached to an aromatic ring is 1. The van der Waals surface area contributed by atoms with Gasteiger partial charge in [0.2, 0.25) is 0 Å². The van der Waals surface area contributed by atoms with Crippen LogP contribution in [0, 0.1) is 0 Å². The van der Waals surface area contributed by atoms with Gasteiger partial charge in [-0.3, -0.25) is 0 Å². The summed E-state index contributed by atoms with van der Waals surface area (Å²) in [5, 5.41) is 27.3. The molecule has 6 nitrogen and oxygen atoms in total. The van der Waals surface area contributed by atoms with Crippen molar-refractivity contribution in [3.63, 3.8) is 0 Å². The summed E-state index contributed by atoms with van der Waals surface area (Å²) < 4.78 is 6.45. The van der Waals surface area contributed by atoms with Gasteiger partial charge >= 0.3 is 0 Å². The van der Waals surface area contributed by atoms with E-state index in [-0.39, 0.29) is 11.8 Å². The fourth-order valence-corrected chi connectivity index (χ4v) is 6.58. The molecule has 1 saturated heterocycles. The predicted molar refractivity (Wildman–Crippen MR) is 108 cm³/mol. The molecule has 0 saturated carbocycles. The minimum absolute atomic E-state index is 0.0932. The third-order valence-corrected chi connectivity index (χ3v) is 7.80. The second kappa shape index (κ2) is 4.83. The van der Waals surface area contributed by atoms with E-state index in [1.54, 1.807) is 6.07 Å². The van der Waals surface area contributed by atoms with Gasteiger partial charge in [0.15, 0.2) is 17.6 Å². The number of phenols is 1. The molecule has 146 valence electrons. The molecule has 2 aliphatic heterocycles. The largest absolute Gasteiger partial charge is 0.504 e. The van der Waals surface area contributed by atoms with Crippen molar-refractivity contribution >= 4 is 16.6 Å². The summed E-state index contributed by atoms with van der Waals surface area (Å²) in [6.07, 6.45) is 1.39. The van der Waals surface area contributed by atoms with Crippen LogP contribution in [0.4, 0.5) is 5.69 Å². The number of benzene rings is 2. The number of hydrogen-bond donors (Lipinski definition) is 4. The van der Waals surface area contributed by atoms with Crippen molar-refractivity contribution in [2.24, 2.45) is 0 Å². The van der Waals surface area contributed by atoms with Crippen molar-refractivity contribution in [2.75, 3.05) is 12.3 Å². The highest BCUT2D eigenvalue weighted by atomic mass is 16.5. The number of pyridine rings is 1. The Morgan fingerprint density at radius 1 is 1.21 bits per heavy atom. The molecule has 6 heteroatoms. The van der Waals surface area contributed by atoms with Crippen LogP contribution < -0.4 is 15.8 Å². The number of fused-ring (bicyclic) bond motifs is 3. The molecule has 7 rings (SSSR count). The number of aromatic hydroxyl groups is 1. The van der Waals surface area contributed by atoms with Gasteiger partial charge in [-0.05, 0) is 37.1 Å². The number of aromatic nitrogens is 1. The van der Waals surface area contributed by atoms with Crippen LogP contribution >= 0.6 is 0 Å². The van der Waals surface area contributed by atoms with Gasteiger partial charge in [0.25, 0.3) is 0 Å². The highest BCUT2D eigenvalue weighted by molar-refractivity contribution is 5.92. The molecule has 0 radical (unpaired) electrons. The van der Waals surface area contributed by atoms with Crippen molar-refractivity contribution < 1.29 is 14.9 Å². The van der Waals surface area contributed by atoms with Crippen LogP contribution in [0.15, 0.2) is 36.4 Å². The zero-order valence-corrected chi connectivity index (χ0v) is 15.8. The maximum Gasteiger partial charge on any atom is 0.166 e. The maximum atomic E-state index is 12.2.